The van der Waals surface area contributed by atoms with E-state index in [4.69, 9.17) is 16.3 Å². The number of aryl methyl sites for hydroxylation is 3. The lowest BCUT2D eigenvalue weighted by atomic mass is 9.74. The molecule has 0 radical (unpaired) electrons. The first-order valence-electron chi connectivity index (χ1n) is 15.7. The van der Waals surface area contributed by atoms with Gasteiger partial charge >= 0.3 is 5.97 Å². The normalized spacial score (nSPS) is 15.9. The molecule has 0 bridgehead atoms. The summed E-state index contributed by atoms with van der Waals surface area (Å²) in [5.74, 6) is -0.318. The van der Waals surface area contributed by atoms with Gasteiger partial charge in [0.15, 0.2) is 0 Å². The molecule has 0 fully saturated rings. The number of rotatable bonds is 10. The summed E-state index contributed by atoms with van der Waals surface area (Å²) >= 11 is 6.67. The molecule has 1 N–H and O–H groups in total. The average Bonchev–Trinajstić information content (AvgIpc) is 3.60. The Morgan fingerprint density at radius 3 is 2.70 bits per heavy atom. The molecule has 1 aliphatic rings. The van der Waals surface area contributed by atoms with Crippen molar-refractivity contribution < 1.29 is 18.7 Å². The molecule has 0 aliphatic heterocycles. The van der Waals surface area contributed by atoms with Crippen LogP contribution in [-0.4, -0.2) is 37.8 Å². The fourth-order valence-corrected chi connectivity index (χ4v) is 6.71. The van der Waals surface area contributed by atoms with E-state index in [0.29, 0.717) is 55.1 Å². The molecular weight excluding hydrogens is 605 g/mol. The maximum absolute atomic E-state index is 14.7. The number of nitrogens with zero attached hydrogens (tertiary/aromatic N) is 4. The number of fused-ring (bicyclic) bond motifs is 3. The quantitative estimate of drug-likeness (QED) is 0.129. The highest BCUT2D eigenvalue weighted by Gasteiger charge is 2.40. The van der Waals surface area contributed by atoms with Crippen LogP contribution in [-0.2, 0) is 34.5 Å². The van der Waals surface area contributed by atoms with Gasteiger partial charge in [-0.3, -0.25) is 9.59 Å². The summed E-state index contributed by atoms with van der Waals surface area (Å²) in [6.45, 7) is 6.83. The van der Waals surface area contributed by atoms with Gasteiger partial charge in [-0.05, 0) is 86.2 Å². The fourth-order valence-electron chi connectivity index (χ4n) is 6.45. The molecular formula is C36H37ClFN5O3. The minimum atomic E-state index is -0.902. The van der Waals surface area contributed by atoms with Crippen LogP contribution in [0.3, 0.4) is 0 Å². The molecule has 46 heavy (non-hydrogen) atoms. The number of esters is 1. The smallest absolute Gasteiger partial charge is 0.307 e. The van der Waals surface area contributed by atoms with Crippen molar-refractivity contribution in [3.8, 4) is 5.69 Å². The predicted molar refractivity (Wildman–Crippen MR) is 176 cm³/mol. The Hall–Kier alpha value is -4.50. The molecule has 1 amide bonds. The number of ether oxygens (including phenoxy) is 1. The first-order valence-corrected chi connectivity index (χ1v) is 16.1. The standard InChI is InChI=1S/C36H37ClFN5O3/c1-4-5-17-46-34(44)14-16-42-32-13-15-36(25-7-6-8-26(38)19-25,21-30(32)28-11-9-23(2)18-33(28)42)40-35(45)29-12-10-27(20-31(29)37)43-22-39-24(3)41-43/h6-12,18-20,22H,4-5,13-17,21H2,1-3H3,(H,40,45). The summed E-state index contributed by atoms with van der Waals surface area (Å²) in [5.41, 5.74) is 5.12. The van der Waals surface area contributed by atoms with Crippen molar-refractivity contribution >= 4 is 34.4 Å². The number of benzene rings is 3. The van der Waals surface area contributed by atoms with Gasteiger partial charge in [0.05, 0.1) is 34.8 Å². The fraction of sp³-hybridized carbons (Fsp3) is 0.333. The van der Waals surface area contributed by atoms with E-state index in [9.17, 15) is 14.0 Å². The summed E-state index contributed by atoms with van der Waals surface area (Å²) in [4.78, 5) is 30.7. The molecule has 0 spiro atoms. The van der Waals surface area contributed by atoms with Crippen molar-refractivity contribution in [2.45, 2.75) is 71.4 Å². The molecule has 8 nitrogen and oxygen atoms in total. The molecule has 2 aromatic heterocycles. The first kappa shape index (κ1) is 31.5. The number of aromatic nitrogens is 4. The molecule has 1 unspecified atom stereocenters. The number of nitrogens with one attached hydrogen (secondary N) is 1. The third kappa shape index (κ3) is 6.29. The Morgan fingerprint density at radius 2 is 1.96 bits per heavy atom. The second-order valence-electron chi connectivity index (χ2n) is 12.0. The molecule has 1 atom stereocenters. The van der Waals surface area contributed by atoms with E-state index in [1.165, 1.54) is 12.1 Å². The molecule has 6 rings (SSSR count). The van der Waals surface area contributed by atoms with E-state index < -0.39 is 5.54 Å². The zero-order valence-corrected chi connectivity index (χ0v) is 27.0. The number of hydrogen-bond donors (Lipinski definition) is 1. The number of unbranched alkanes of at least 4 members (excludes halogenated alkanes) is 1. The molecule has 10 heteroatoms. The molecule has 3 aromatic carbocycles. The molecule has 5 aromatic rings. The maximum atomic E-state index is 14.7. The lowest BCUT2D eigenvalue weighted by molar-refractivity contribution is -0.144. The van der Waals surface area contributed by atoms with Crippen molar-refractivity contribution in [1.82, 2.24) is 24.6 Å². The Kier molecular flexibility index (Phi) is 8.95. The highest BCUT2D eigenvalue weighted by Crippen LogP contribution is 2.42. The second kappa shape index (κ2) is 13.1. The van der Waals surface area contributed by atoms with Crippen molar-refractivity contribution in [3.63, 3.8) is 0 Å². The first-order chi connectivity index (χ1) is 22.2. The second-order valence-corrected chi connectivity index (χ2v) is 12.5. The third-order valence-corrected chi connectivity index (χ3v) is 9.12. The van der Waals surface area contributed by atoms with Gasteiger partial charge in [0.25, 0.3) is 5.91 Å². The van der Waals surface area contributed by atoms with E-state index in [1.54, 1.807) is 42.2 Å². The Balaban J connectivity index is 1.35. The SMILES string of the molecule is CCCCOC(=O)CCn1c2c(c3ccc(C)cc31)CC(NC(=O)c1ccc(-n3cnc(C)n3)cc1Cl)(c1cccc(F)c1)CC2. The van der Waals surface area contributed by atoms with E-state index in [2.05, 4.69) is 45.1 Å². The zero-order valence-electron chi connectivity index (χ0n) is 26.3. The minimum Gasteiger partial charge on any atom is -0.466 e. The minimum absolute atomic E-state index is 0.212. The largest absolute Gasteiger partial charge is 0.466 e. The van der Waals surface area contributed by atoms with E-state index >= 15 is 0 Å². The molecule has 2 heterocycles. The molecule has 238 valence electrons. The van der Waals surface area contributed by atoms with Gasteiger partial charge in [-0.1, -0.05) is 49.2 Å². The summed E-state index contributed by atoms with van der Waals surface area (Å²) in [6, 6.07) is 17.9. The van der Waals surface area contributed by atoms with E-state index in [0.717, 1.165) is 40.6 Å². The summed E-state index contributed by atoms with van der Waals surface area (Å²) in [7, 11) is 0. The number of halogens is 2. The summed E-state index contributed by atoms with van der Waals surface area (Å²) < 4.78 is 24.0. The molecule has 0 saturated heterocycles. The summed E-state index contributed by atoms with van der Waals surface area (Å²) in [6.07, 6.45) is 5.25. The lowest BCUT2D eigenvalue weighted by Crippen LogP contribution is -2.50. The van der Waals surface area contributed by atoms with Gasteiger partial charge in [-0.2, -0.15) is 5.10 Å². The van der Waals surface area contributed by atoms with Crippen molar-refractivity contribution in [2.75, 3.05) is 6.61 Å². The van der Waals surface area contributed by atoms with E-state index in [1.807, 2.05) is 13.0 Å². The summed E-state index contributed by atoms with van der Waals surface area (Å²) in [5, 5.41) is 8.94. The maximum Gasteiger partial charge on any atom is 0.307 e. The monoisotopic (exact) mass is 641 g/mol. The van der Waals surface area contributed by atoms with Crippen LogP contribution in [0.25, 0.3) is 16.6 Å². The van der Waals surface area contributed by atoms with Gasteiger partial charge in [-0.25, -0.2) is 14.1 Å². The predicted octanol–water partition coefficient (Wildman–Crippen LogP) is 7.18. The number of hydrogen-bond acceptors (Lipinski definition) is 5. The third-order valence-electron chi connectivity index (χ3n) is 8.81. The lowest BCUT2D eigenvalue weighted by Gasteiger charge is -2.39. The molecule has 1 aliphatic carbocycles. The highest BCUT2D eigenvalue weighted by atomic mass is 35.5. The van der Waals surface area contributed by atoms with E-state index in [-0.39, 0.29) is 29.1 Å². The number of amides is 1. The number of carbonyl (C=O) groups excluding carboxylic acids is 2. The van der Waals surface area contributed by atoms with Gasteiger partial charge in [-0.15, -0.1) is 0 Å². The van der Waals surface area contributed by atoms with Crippen LogP contribution in [0, 0.1) is 19.7 Å². The van der Waals surface area contributed by atoms with Crippen molar-refractivity contribution in [2.24, 2.45) is 0 Å². The van der Waals surface area contributed by atoms with Crippen molar-refractivity contribution in [1.29, 1.82) is 0 Å². The van der Waals surface area contributed by atoms with Crippen LogP contribution < -0.4 is 5.32 Å². The van der Waals surface area contributed by atoms with Gasteiger partial charge < -0.3 is 14.6 Å². The van der Waals surface area contributed by atoms with Gasteiger partial charge in [0.2, 0.25) is 0 Å². The van der Waals surface area contributed by atoms with Crippen LogP contribution in [0.1, 0.15) is 71.2 Å². The Labute approximate surface area is 272 Å². The Morgan fingerprint density at radius 1 is 1.11 bits per heavy atom. The van der Waals surface area contributed by atoms with Crippen molar-refractivity contribution in [3.05, 3.63) is 112 Å². The average molecular weight is 642 g/mol. The van der Waals surface area contributed by atoms with Crippen LogP contribution in [0.15, 0.2) is 67.0 Å². The molecule has 0 saturated carbocycles. The van der Waals surface area contributed by atoms with Crippen LogP contribution >= 0.6 is 11.6 Å². The number of carbonyl (C=O) groups is 2. The van der Waals surface area contributed by atoms with Crippen LogP contribution in [0.5, 0.6) is 0 Å². The zero-order chi connectivity index (χ0) is 32.4. The Bertz CT molecular complexity index is 1930. The topological polar surface area (TPSA) is 91.0 Å². The van der Waals surface area contributed by atoms with Gasteiger partial charge in [0.1, 0.15) is 18.0 Å². The van der Waals surface area contributed by atoms with Gasteiger partial charge in [0, 0.05) is 29.6 Å². The van der Waals surface area contributed by atoms with Crippen LogP contribution in [0.2, 0.25) is 5.02 Å². The van der Waals surface area contributed by atoms with Crippen LogP contribution in [0.4, 0.5) is 4.39 Å². The highest BCUT2D eigenvalue weighted by molar-refractivity contribution is 6.34.